The molecule has 0 aromatic heterocycles. The Balaban J connectivity index is 2.37. The topological polar surface area (TPSA) is 57.6 Å². The quantitative estimate of drug-likeness (QED) is 0.812. The first-order valence-electron chi connectivity index (χ1n) is 5.90. The lowest BCUT2D eigenvalue weighted by atomic mass is 9.97. The summed E-state index contributed by atoms with van der Waals surface area (Å²) in [7, 11) is -3.57. The van der Waals surface area contributed by atoms with Gasteiger partial charge in [-0.1, -0.05) is 15.9 Å². The summed E-state index contributed by atoms with van der Waals surface area (Å²) in [6.07, 6.45) is 1.29. The fourth-order valence-corrected chi connectivity index (χ4v) is 5.50. The molecule has 1 aromatic carbocycles. The molecule has 1 saturated heterocycles. The molecule has 0 spiro atoms. The number of rotatable bonds is 2. The second-order valence-corrected chi connectivity index (χ2v) is 8.69. The van der Waals surface area contributed by atoms with Crippen LogP contribution in [0.2, 0.25) is 0 Å². The highest BCUT2D eigenvalue weighted by atomic mass is 79.9. The van der Waals surface area contributed by atoms with Crippen LogP contribution in [-0.4, -0.2) is 36.5 Å². The van der Waals surface area contributed by atoms with Crippen LogP contribution >= 0.6 is 31.9 Å². The molecule has 1 aliphatic heterocycles. The van der Waals surface area contributed by atoms with Gasteiger partial charge in [0.1, 0.15) is 0 Å². The van der Waals surface area contributed by atoms with Crippen LogP contribution in [0.4, 0.5) is 0 Å². The second-order valence-electron chi connectivity index (χ2n) is 5.01. The van der Waals surface area contributed by atoms with E-state index in [1.807, 2.05) is 0 Å². The molecule has 1 N–H and O–H groups in total. The van der Waals surface area contributed by atoms with E-state index >= 15 is 0 Å². The van der Waals surface area contributed by atoms with Gasteiger partial charge in [0.2, 0.25) is 10.0 Å². The van der Waals surface area contributed by atoms with E-state index in [1.165, 1.54) is 4.31 Å². The molecule has 0 saturated carbocycles. The zero-order chi connectivity index (χ0) is 14.3. The maximum atomic E-state index is 12.6. The first-order chi connectivity index (χ1) is 8.72. The molecule has 1 aliphatic rings. The second kappa shape index (κ2) is 5.44. The van der Waals surface area contributed by atoms with Crippen LogP contribution in [0.1, 0.15) is 19.8 Å². The van der Waals surface area contributed by atoms with Crippen molar-refractivity contribution in [1.82, 2.24) is 4.31 Å². The summed E-state index contributed by atoms with van der Waals surface area (Å²) in [6, 6.07) is 4.96. The lowest BCUT2D eigenvalue weighted by molar-refractivity contribution is 0.00939. The van der Waals surface area contributed by atoms with Crippen LogP contribution in [0.5, 0.6) is 0 Å². The SMILES string of the molecule is CC1(O)CCCN(S(=O)(=O)c2ccc(Br)cc2Br)C1. The van der Waals surface area contributed by atoms with Gasteiger partial charge in [0.25, 0.3) is 0 Å². The van der Waals surface area contributed by atoms with Gasteiger partial charge >= 0.3 is 0 Å². The van der Waals surface area contributed by atoms with E-state index in [4.69, 9.17) is 0 Å². The van der Waals surface area contributed by atoms with Crippen molar-refractivity contribution >= 4 is 41.9 Å². The smallest absolute Gasteiger partial charge is 0.244 e. The predicted octanol–water partition coefficient (Wildman–Crippen LogP) is 2.75. The number of aliphatic hydroxyl groups is 1. The lowest BCUT2D eigenvalue weighted by Crippen LogP contribution is -2.48. The summed E-state index contributed by atoms with van der Waals surface area (Å²) in [5, 5.41) is 10.0. The van der Waals surface area contributed by atoms with E-state index in [0.717, 1.165) is 4.47 Å². The minimum absolute atomic E-state index is 0.137. The molecule has 0 amide bonds. The molecule has 1 atom stereocenters. The third-order valence-corrected chi connectivity index (χ3v) is 6.47. The van der Waals surface area contributed by atoms with Crippen LogP contribution in [-0.2, 0) is 10.0 Å². The highest BCUT2D eigenvalue weighted by Gasteiger charge is 2.36. The summed E-state index contributed by atoms with van der Waals surface area (Å²) < 4.78 is 27.8. The van der Waals surface area contributed by atoms with Gasteiger partial charge in [0, 0.05) is 22.0 Å². The Hall–Kier alpha value is 0.0500. The van der Waals surface area contributed by atoms with E-state index < -0.39 is 15.6 Å². The van der Waals surface area contributed by atoms with E-state index in [-0.39, 0.29) is 11.4 Å². The van der Waals surface area contributed by atoms with Crippen LogP contribution in [0.25, 0.3) is 0 Å². The van der Waals surface area contributed by atoms with E-state index in [1.54, 1.807) is 25.1 Å². The Bertz CT molecular complexity index is 587. The molecule has 1 heterocycles. The molecule has 4 nitrogen and oxygen atoms in total. The third kappa shape index (κ3) is 3.39. The van der Waals surface area contributed by atoms with Crippen LogP contribution in [0.15, 0.2) is 32.0 Å². The van der Waals surface area contributed by atoms with Gasteiger partial charge in [0.05, 0.1) is 10.5 Å². The minimum Gasteiger partial charge on any atom is -0.389 e. The average Bonchev–Trinajstić information content (AvgIpc) is 2.27. The fourth-order valence-electron chi connectivity index (χ4n) is 2.20. The molecule has 2 rings (SSSR count). The van der Waals surface area contributed by atoms with Crippen molar-refractivity contribution < 1.29 is 13.5 Å². The zero-order valence-electron chi connectivity index (χ0n) is 10.4. The maximum Gasteiger partial charge on any atom is 0.244 e. The molecule has 7 heteroatoms. The van der Waals surface area contributed by atoms with Crippen molar-refractivity contribution in [3.05, 3.63) is 27.1 Å². The molecule has 1 unspecified atom stereocenters. The number of benzene rings is 1. The normalized spacial score (nSPS) is 25.5. The van der Waals surface area contributed by atoms with E-state index in [0.29, 0.717) is 23.9 Å². The van der Waals surface area contributed by atoms with Gasteiger partial charge in [0.15, 0.2) is 0 Å². The molecule has 0 radical (unpaired) electrons. The Labute approximate surface area is 130 Å². The van der Waals surface area contributed by atoms with Crippen molar-refractivity contribution in [2.24, 2.45) is 0 Å². The van der Waals surface area contributed by atoms with Crippen molar-refractivity contribution in [2.45, 2.75) is 30.3 Å². The van der Waals surface area contributed by atoms with Crippen molar-refractivity contribution in [3.63, 3.8) is 0 Å². The number of piperidine rings is 1. The summed E-state index contributed by atoms with van der Waals surface area (Å²) in [4.78, 5) is 0.230. The minimum atomic E-state index is -3.57. The van der Waals surface area contributed by atoms with Crippen LogP contribution in [0.3, 0.4) is 0 Å². The Kier molecular flexibility index (Phi) is 4.42. The Morgan fingerprint density at radius 3 is 2.63 bits per heavy atom. The first kappa shape index (κ1) is 15.4. The van der Waals surface area contributed by atoms with Gasteiger partial charge < -0.3 is 5.11 Å². The van der Waals surface area contributed by atoms with E-state index in [2.05, 4.69) is 31.9 Å². The van der Waals surface area contributed by atoms with Gasteiger partial charge in [-0.25, -0.2) is 8.42 Å². The molecule has 1 fully saturated rings. The van der Waals surface area contributed by atoms with Gasteiger partial charge in [-0.3, -0.25) is 0 Å². The fraction of sp³-hybridized carbons (Fsp3) is 0.500. The van der Waals surface area contributed by atoms with E-state index in [9.17, 15) is 13.5 Å². The van der Waals surface area contributed by atoms with Crippen molar-refractivity contribution in [3.8, 4) is 0 Å². The molecule has 1 aromatic rings. The summed E-state index contributed by atoms with van der Waals surface area (Å²) >= 11 is 6.58. The molecule has 19 heavy (non-hydrogen) atoms. The number of nitrogens with zero attached hydrogens (tertiary/aromatic N) is 1. The maximum absolute atomic E-state index is 12.6. The summed E-state index contributed by atoms with van der Waals surface area (Å²) in [5.41, 5.74) is -0.951. The Morgan fingerprint density at radius 1 is 1.37 bits per heavy atom. The molecule has 106 valence electrons. The number of sulfonamides is 1. The highest BCUT2D eigenvalue weighted by Crippen LogP contribution is 2.31. The van der Waals surface area contributed by atoms with Crippen LogP contribution < -0.4 is 0 Å². The van der Waals surface area contributed by atoms with Gasteiger partial charge in [-0.2, -0.15) is 4.31 Å². The molecule has 0 bridgehead atoms. The number of β-amino-alcohol motifs (C(OH)–C–C–N with tert-alkyl or cyclic N) is 1. The third-order valence-electron chi connectivity index (χ3n) is 3.15. The number of hydrogen-bond acceptors (Lipinski definition) is 3. The van der Waals surface area contributed by atoms with Crippen LogP contribution in [0, 0.1) is 0 Å². The summed E-state index contributed by atoms with van der Waals surface area (Å²) in [6.45, 7) is 2.25. The number of hydrogen-bond donors (Lipinski definition) is 1. The van der Waals surface area contributed by atoms with Gasteiger partial charge in [-0.05, 0) is 53.9 Å². The standard InChI is InChI=1S/C12H15Br2NO3S/c1-12(16)5-2-6-15(8-12)19(17,18)11-4-3-9(13)7-10(11)14/h3-4,7,16H,2,5-6,8H2,1H3. The first-order valence-corrected chi connectivity index (χ1v) is 8.93. The Morgan fingerprint density at radius 2 is 2.05 bits per heavy atom. The molecule has 0 aliphatic carbocycles. The monoisotopic (exact) mass is 411 g/mol. The lowest BCUT2D eigenvalue weighted by Gasteiger charge is -2.36. The summed E-state index contributed by atoms with van der Waals surface area (Å²) in [5.74, 6) is 0. The van der Waals surface area contributed by atoms with Gasteiger partial charge in [-0.15, -0.1) is 0 Å². The predicted molar refractivity (Wildman–Crippen MR) is 80.5 cm³/mol. The largest absolute Gasteiger partial charge is 0.389 e. The van der Waals surface area contributed by atoms with Crippen molar-refractivity contribution in [2.75, 3.05) is 13.1 Å². The highest BCUT2D eigenvalue weighted by molar-refractivity contribution is 9.11. The number of halogens is 2. The molecular weight excluding hydrogens is 398 g/mol. The molecular formula is C12H15Br2NO3S. The van der Waals surface area contributed by atoms with Crippen molar-refractivity contribution in [1.29, 1.82) is 0 Å². The average molecular weight is 413 g/mol. The zero-order valence-corrected chi connectivity index (χ0v) is 14.4.